The first kappa shape index (κ1) is 11.9. The van der Waals surface area contributed by atoms with Crippen molar-refractivity contribution in [1.29, 1.82) is 0 Å². The van der Waals surface area contributed by atoms with Crippen LogP contribution in [-0.2, 0) is 12.1 Å². The fourth-order valence-corrected chi connectivity index (χ4v) is 4.03. The van der Waals surface area contributed by atoms with Crippen LogP contribution in [0, 0.1) is 0 Å². The largest absolute Gasteiger partial charge is 0.497 e. The number of thiophene rings is 1. The fourth-order valence-electron chi connectivity index (χ4n) is 2.86. The molecule has 0 spiro atoms. The summed E-state index contributed by atoms with van der Waals surface area (Å²) in [5, 5.41) is 12.2. The molecule has 4 nitrogen and oxygen atoms in total. The number of rotatable bonds is 2. The molecule has 20 heavy (non-hydrogen) atoms. The molecule has 2 aromatic heterocycles. The van der Waals surface area contributed by atoms with Gasteiger partial charge in [0.15, 0.2) is 0 Å². The van der Waals surface area contributed by atoms with Crippen LogP contribution in [0.1, 0.15) is 17.0 Å². The zero-order valence-corrected chi connectivity index (χ0v) is 11.9. The van der Waals surface area contributed by atoms with E-state index in [1.807, 2.05) is 22.8 Å². The van der Waals surface area contributed by atoms with Crippen molar-refractivity contribution >= 4 is 21.4 Å². The van der Waals surface area contributed by atoms with Gasteiger partial charge in [-0.05, 0) is 29.7 Å². The molecule has 1 atom stereocenters. The maximum atomic E-state index is 11.0. The molecule has 3 aromatic rings. The van der Waals surface area contributed by atoms with E-state index in [0.717, 1.165) is 33.0 Å². The van der Waals surface area contributed by atoms with Crippen LogP contribution in [0.2, 0.25) is 0 Å². The summed E-state index contributed by atoms with van der Waals surface area (Å²) in [6.07, 6.45) is 4.25. The molecule has 5 heteroatoms. The Morgan fingerprint density at radius 1 is 1.40 bits per heavy atom. The lowest BCUT2D eigenvalue weighted by Crippen LogP contribution is -2.22. The van der Waals surface area contributed by atoms with Gasteiger partial charge < -0.3 is 14.4 Å². The van der Waals surface area contributed by atoms with E-state index in [9.17, 15) is 5.11 Å². The Morgan fingerprint density at radius 3 is 3.15 bits per heavy atom. The van der Waals surface area contributed by atoms with E-state index in [0.29, 0.717) is 6.42 Å². The van der Waals surface area contributed by atoms with Crippen molar-refractivity contribution in [2.24, 2.45) is 0 Å². The SMILES string of the molecule is COc1ccc2sc([C@@]3(O)CCn4cncc43)cc2c1. The van der Waals surface area contributed by atoms with Gasteiger partial charge in [0.2, 0.25) is 0 Å². The predicted octanol–water partition coefficient (Wildman–Crippen LogP) is 2.75. The molecule has 0 saturated carbocycles. The molecule has 1 aliphatic heterocycles. The summed E-state index contributed by atoms with van der Waals surface area (Å²) >= 11 is 1.63. The Labute approximate surface area is 120 Å². The lowest BCUT2D eigenvalue weighted by molar-refractivity contribution is 0.0865. The van der Waals surface area contributed by atoms with Gasteiger partial charge in [-0.3, -0.25) is 0 Å². The number of aliphatic hydroxyl groups is 1. The quantitative estimate of drug-likeness (QED) is 0.788. The zero-order valence-electron chi connectivity index (χ0n) is 11.0. The third-order valence-corrected chi connectivity index (χ3v) is 5.25. The van der Waals surface area contributed by atoms with Crippen LogP contribution in [0.4, 0.5) is 0 Å². The Kier molecular flexibility index (Phi) is 2.43. The van der Waals surface area contributed by atoms with Crippen molar-refractivity contribution in [3.8, 4) is 5.75 Å². The van der Waals surface area contributed by atoms with Crippen molar-refractivity contribution in [3.63, 3.8) is 0 Å². The van der Waals surface area contributed by atoms with E-state index < -0.39 is 5.60 Å². The molecule has 0 saturated heterocycles. The van der Waals surface area contributed by atoms with Gasteiger partial charge in [0, 0.05) is 22.5 Å². The smallest absolute Gasteiger partial charge is 0.142 e. The van der Waals surface area contributed by atoms with Gasteiger partial charge >= 0.3 is 0 Å². The Morgan fingerprint density at radius 2 is 2.30 bits per heavy atom. The normalized spacial score (nSPS) is 21.3. The number of benzene rings is 1. The molecule has 0 aliphatic carbocycles. The van der Waals surface area contributed by atoms with Crippen molar-refractivity contribution < 1.29 is 9.84 Å². The van der Waals surface area contributed by atoms with E-state index in [1.54, 1.807) is 31.0 Å². The Hall–Kier alpha value is -1.85. The minimum Gasteiger partial charge on any atom is -0.497 e. The summed E-state index contributed by atoms with van der Waals surface area (Å²) in [5.41, 5.74) is -0.0241. The summed E-state index contributed by atoms with van der Waals surface area (Å²) in [6.45, 7) is 0.809. The summed E-state index contributed by atoms with van der Waals surface area (Å²) in [4.78, 5) is 5.11. The van der Waals surface area contributed by atoms with Crippen LogP contribution in [0.25, 0.3) is 10.1 Å². The molecule has 0 fully saturated rings. The second kappa shape index (κ2) is 4.07. The summed E-state index contributed by atoms with van der Waals surface area (Å²) in [6, 6.07) is 8.06. The molecule has 1 aromatic carbocycles. The number of aromatic nitrogens is 2. The lowest BCUT2D eigenvalue weighted by Gasteiger charge is -2.19. The van der Waals surface area contributed by atoms with Gasteiger partial charge in [0.05, 0.1) is 25.3 Å². The van der Waals surface area contributed by atoms with Crippen molar-refractivity contribution in [2.45, 2.75) is 18.6 Å². The highest BCUT2D eigenvalue weighted by Crippen LogP contribution is 2.43. The van der Waals surface area contributed by atoms with Crippen LogP contribution in [0.15, 0.2) is 36.8 Å². The van der Waals surface area contributed by atoms with Gasteiger partial charge in [-0.1, -0.05) is 0 Å². The molecule has 3 heterocycles. The number of ether oxygens (including phenoxy) is 1. The van der Waals surface area contributed by atoms with Crippen LogP contribution in [0.3, 0.4) is 0 Å². The standard InChI is InChI=1S/C15H14N2O2S/c1-19-11-2-3-12-10(6-11)7-14(20-12)15(18)4-5-17-9-16-8-13(15)17/h2-3,6-9,18H,4-5H2,1H3/t15-/m1/s1. The van der Waals surface area contributed by atoms with E-state index in [-0.39, 0.29) is 0 Å². The average molecular weight is 286 g/mol. The van der Waals surface area contributed by atoms with Gasteiger partial charge in [0.1, 0.15) is 11.4 Å². The first-order chi connectivity index (χ1) is 9.70. The number of nitrogens with zero attached hydrogens (tertiary/aromatic N) is 2. The summed E-state index contributed by atoms with van der Waals surface area (Å²) in [7, 11) is 1.66. The van der Waals surface area contributed by atoms with E-state index in [1.165, 1.54) is 0 Å². The minimum atomic E-state index is -0.909. The Balaban J connectivity index is 1.87. The maximum Gasteiger partial charge on any atom is 0.142 e. The molecule has 1 N–H and O–H groups in total. The van der Waals surface area contributed by atoms with Gasteiger partial charge in [-0.25, -0.2) is 4.98 Å². The lowest BCUT2D eigenvalue weighted by atomic mass is 9.97. The van der Waals surface area contributed by atoms with Gasteiger partial charge in [-0.2, -0.15) is 0 Å². The maximum absolute atomic E-state index is 11.0. The molecule has 0 bridgehead atoms. The minimum absolute atomic E-state index is 0.703. The second-order valence-electron chi connectivity index (χ2n) is 5.10. The van der Waals surface area contributed by atoms with E-state index in [2.05, 4.69) is 11.1 Å². The molecular weight excluding hydrogens is 272 g/mol. The van der Waals surface area contributed by atoms with E-state index in [4.69, 9.17) is 4.74 Å². The average Bonchev–Trinajstić information content (AvgIpc) is 3.14. The zero-order chi connectivity index (χ0) is 13.7. The third-order valence-electron chi connectivity index (χ3n) is 3.98. The van der Waals surface area contributed by atoms with Gasteiger partial charge in [-0.15, -0.1) is 11.3 Å². The number of imidazole rings is 1. The molecule has 0 radical (unpaired) electrons. The summed E-state index contributed by atoms with van der Waals surface area (Å²) < 4.78 is 8.43. The number of hydrogen-bond donors (Lipinski definition) is 1. The van der Waals surface area contributed by atoms with Crippen molar-refractivity contribution in [1.82, 2.24) is 9.55 Å². The molecular formula is C15H14N2O2S. The highest BCUT2D eigenvalue weighted by molar-refractivity contribution is 7.19. The number of hydrogen-bond acceptors (Lipinski definition) is 4. The molecule has 102 valence electrons. The number of aryl methyl sites for hydroxylation is 1. The highest BCUT2D eigenvalue weighted by Gasteiger charge is 2.40. The highest BCUT2D eigenvalue weighted by atomic mass is 32.1. The first-order valence-electron chi connectivity index (χ1n) is 6.52. The fraction of sp³-hybridized carbons (Fsp3) is 0.267. The van der Waals surface area contributed by atoms with Crippen LogP contribution in [0.5, 0.6) is 5.75 Å². The van der Waals surface area contributed by atoms with Crippen LogP contribution in [-0.4, -0.2) is 21.8 Å². The predicted molar refractivity (Wildman–Crippen MR) is 78.2 cm³/mol. The molecule has 1 aliphatic rings. The Bertz CT molecular complexity index is 792. The third kappa shape index (κ3) is 1.53. The molecule has 0 amide bonds. The van der Waals surface area contributed by atoms with Crippen LogP contribution >= 0.6 is 11.3 Å². The van der Waals surface area contributed by atoms with E-state index >= 15 is 0 Å². The number of methoxy groups -OCH3 is 1. The monoisotopic (exact) mass is 286 g/mol. The topological polar surface area (TPSA) is 47.3 Å². The van der Waals surface area contributed by atoms with Crippen LogP contribution < -0.4 is 4.74 Å². The second-order valence-corrected chi connectivity index (χ2v) is 6.18. The number of fused-ring (bicyclic) bond motifs is 2. The van der Waals surface area contributed by atoms with Crippen molar-refractivity contribution in [3.05, 3.63) is 47.4 Å². The summed E-state index contributed by atoms with van der Waals surface area (Å²) in [5.74, 6) is 0.838. The molecule has 4 rings (SSSR count). The first-order valence-corrected chi connectivity index (χ1v) is 7.33. The molecule has 0 unspecified atom stereocenters. The van der Waals surface area contributed by atoms with Crippen molar-refractivity contribution in [2.75, 3.05) is 7.11 Å². The van der Waals surface area contributed by atoms with Gasteiger partial charge in [0.25, 0.3) is 0 Å².